The minimum atomic E-state index is -0.219. The number of carbonyl (C=O) groups excluding carboxylic acids is 2. The summed E-state index contributed by atoms with van der Waals surface area (Å²) < 4.78 is 6.83. The van der Waals surface area contributed by atoms with Gasteiger partial charge in [0.1, 0.15) is 5.75 Å². The summed E-state index contributed by atoms with van der Waals surface area (Å²) in [7, 11) is 3.36. The lowest BCUT2D eigenvalue weighted by Gasteiger charge is -2.07. The third-order valence-corrected chi connectivity index (χ3v) is 5.78. The van der Waals surface area contributed by atoms with Gasteiger partial charge in [0.2, 0.25) is 5.91 Å². The van der Waals surface area contributed by atoms with Crippen LogP contribution in [0, 0.1) is 6.92 Å². The van der Waals surface area contributed by atoms with Gasteiger partial charge < -0.3 is 19.9 Å². The smallest absolute Gasteiger partial charge is 0.251 e. The Morgan fingerprint density at radius 3 is 2.66 bits per heavy atom. The van der Waals surface area contributed by atoms with Crippen LogP contribution in [-0.2, 0) is 18.4 Å². The number of rotatable bonds is 8. The molecule has 9 nitrogen and oxygen atoms in total. The van der Waals surface area contributed by atoms with Crippen LogP contribution < -0.4 is 15.4 Å². The monoisotopic (exact) mass is 432 g/mol. The molecule has 2 aromatic heterocycles. The van der Waals surface area contributed by atoms with Crippen LogP contribution in [0.2, 0.25) is 0 Å². The predicted octanol–water partition coefficient (Wildman–Crippen LogP) is 2.25. The Bertz CT molecular complexity index is 999. The van der Waals surface area contributed by atoms with E-state index in [9.17, 15) is 9.59 Å². The van der Waals surface area contributed by atoms with E-state index >= 15 is 0 Å². The van der Waals surface area contributed by atoms with Crippen molar-refractivity contribution in [2.75, 3.05) is 18.2 Å². The van der Waals surface area contributed by atoms with Crippen molar-refractivity contribution in [2.24, 2.45) is 7.05 Å². The van der Waals surface area contributed by atoms with E-state index in [-0.39, 0.29) is 24.1 Å². The van der Waals surface area contributed by atoms with Gasteiger partial charge in [0.05, 0.1) is 25.1 Å². The van der Waals surface area contributed by atoms with Gasteiger partial charge in [0.15, 0.2) is 16.1 Å². The van der Waals surface area contributed by atoms with Crippen LogP contribution in [0.25, 0.3) is 0 Å². The number of nitrogens with zero attached hydrogens (tertiary/aromatic N) is 4. The maximum Gasteiger partial charge on any atom is 0.251 e. The van der Waals surface area contributed by atoms with Crippen molar-refractivity contribution in [2.45, 2.75) is 18.6 Å². The molecule has 0 radical (unpaired) electrons. The molecule has 0 aliphatic rings. The number of nitrogens with one attached hydrogen (secondary N) is 2. The number of hydrogen-bond acceptors (Lipinski definition) is 8. The highest BCUT2D eigenvalue weighted by Crippen LogP contribution is 2.18. The van der Waals surface area contributed by atoms with Crippen LogP contribution in [0.4, 0.5) is 5.13 Å². The molecule has 2 heterocycles. The molecule has 2 N–H and O–H groups in total. The van der Waals surface area contributed by atoms with Crippen LogP contribution in [0.1, 0.15) is 21.9 Å². The van der Waals surface area contributed by atoms with Gasteiger partial charge in [0.25, 0.3) is 5.91 Å². The Labute approximate surface area is 175 Å². The second-order valence-corrected chi connectivity index (χ2v) is 7.80. The van der Waals surface area contributed by atoms with E-state index in [4.69, 9.17) is 4.74 Å². The number of anilines is 1. The van der Waals surface area contributed by atoms with Gasteiger partial charge in [-0.2, -0.15) is 0 Å². The van der Waals surface area contributed by atoms with Crippen LogP contribution in [-0.4, -0.2) is 44.4 Å². The molecule has 0 aliphatic carbocycles. The highest BCUT2D eigenvalue weighted by Gasteiger charge is 2.14. The Morgan fingerprint density at radius 2 is 2.00 bits per heavy atom. The fourth-order valence-electron chi connectivity index (χ4n) is 2.33. The quantitative estimate of drug-likeness (QED) is 0.525. The van der Waals surface area contributed by atoms with Crippen molar-refractivity contribution in [1.29, 1.82) is 0 Å². The molecule has 29 heavy (non-hydrogen) atoms. The summed E-state index contributed by atoms with van der Waals surface area (Å²) in [6.45, 7) is 2.09. The Balaban J connectivity index is 1.50. The van der Waals surface area contributed by atoms with Crippen LogP contribution in [0.3, 0.4) is 0 Å². The van der Waals surface area contributed by atoms with Gasteiger partial charge in [-0.15, -0.1) is 21.5 Å². The third kappa shape index (κ3) is 5.55. The number of aryl methyl sites for hydroxylation is 1. The zero-order valence-corrected chi connectivity index (χ0v) is 17.8. The standard InChI is InChI=1S/C18H20N6O3S2/c1-11-9-28-17(20-11)21-15(25)10-29-18-23-22-14(24(18)2)8-19-16(26)12-4-6-13(27-3)7-5-12/h4-7,9H,8,10H2,1-3H3,(H,19,26)(H,20,21,25). The Hall–Kier alpha value is -2.92. The van der Waals surface area contributed by atoms with Crippen molar-refractivity contribution in [3.63, 3.8) is 0 Å². The first-order valence-electron chi connectivity index (χ1n) is 8.61. The molecule has 0 spiro atoms. The number of thioether (sulfide) groups is 1. The number of benzene rings is 1. The van der Waals surface area contributed by atoms with Crippen LogP contribution >= 0.6 is 23.1 Å². The lowest BCUT2D eigenvalue weighted by atomic mass is 10.2. The minimum absolute atomic E-state index is 0.165. The zero-order valence-electron chi connectivity index (χ0n) is 16.1. The normalized spacial score (nSPS) is 10.6. The maximum absolute atomic E-state index is 12.3. The van der Waals surface area contributed by atoms with Gasteiger partial charge >= 0.3 is 0 Å². The highest BCUT2D eigenvalue weighted by molar-refractivity contribution is 7.99. The number of aromatic nitrogens is 4. The number of ether oxygens (including phenoxy) is 1. The first-order valence-corrected chi connectivity index (χ1v) is 10.5. The molecule has 0 unspecified atom stereocenters. The first-order chi connectivity index (χ1) is 14.0. The molecule has 3 rings (SSSR count). The molecule has 0 aliphatic heterocycles. The fraction of sp³-hybridized carbons (Fsp3) is 0.278. The molecule has 0 saturated heterocycles. The van der Waals surface area contributed by atoms with E-state index in [1.807, 2.05) is 12.3 Å². The SMILES string of the molecule is COc1ccc(C(=O)NCc2nnc(SCC(=O)Nc3nc(C)cs3)n2C)cc1. The Kier molecular flexibility index (Phi) is 6.83. The summed E-state index contributed by atoms with van der Waals surface area (Å²) in [6, 6.07) is 6.83. The number of methoxy groups -OCH3 is 1. The zero-order chi connectivity index (χ0) is 20.8. The molecular formula is C18H20N6O3S2. The number of carbonyl (C=O) groups is 2. The summed E-state index contributed by atoms with van der Waals surface area (Å²) >= 11 is 2.65. The summed E-state index contributed by atoms with van der Waals surface area (Å²) in [4.78, 5) is 28.5. The number of hydrogen-bond donors (Lipinski definition) is 2. The molecule has 152 valence electrons. The average molecular weight is 433 g/mol. The van der Waals surface area contributed by atoms with E-state index in [0.717, 1.165) is 5.69 Å². The maximum atomic E-state index is 12.3. The highest BCUT2D eigenvalue weighted by atomic mass is 32.2. The van der Waals surface area contributed by atoms with Crippen molar-refractivity contribution in [3.05, 3.63) is 46.7 Å². The molecule has 2 amide bonds. The van der Waals surface area contributed by atoms with E-state index in [1.165, 1.54) is 23.1 Å². The number of thiazole rings is 1. The predicted molar refractivity (Wildman–Crippen MR) is 111 cm³/mol. The van der Waals surface area contributed by atoms with Crippen molar-refractivity contribution in [1.82, 2.24) is 25.1 Å². The average Bonchev–Trinajstić information content (AvgIpc) is 3.29. The summed E-state index contributed by atoms with van der Waals surface area (Å²) in [6.07, 6.45) is 0. The van der Waals surface area contributed by atoms with E-state index < -0.39 is 0 Å². The summed E-state index contributed by atoms with van der Waals surface area (Å²) in [5, 5.41) is 16.8. The summed E-state index contributed by atoms with van der Waals surface area (Å²) in [5.41, 5.74) is 1.39. The molecule has 0 saturated carbocycles. The molecule has 0 fully saturated rings. The van der Waals surface area contributed by atoms with Crippen LogP contribution in [0.15, 0.2) is 34.8 Å². The first kappa shape index (κ1) is 20.8. The van der Waals surface area contributed by atoms with Gasteiger partial charge in [-0.05, 0) is 31.2 Å². The van der Waals surface area contributed by atoms with E-state index in [0.29, 0.717) is 27.4 Å². The summed E-state index contributed by atoms with van der Waals surface area (Å²) in [5.74, 6) is 1.07. The largest absolute Gasteiger partial charge is 0.497 e. The van der Waals surface area contributed by atoms with Crippen molar-refractivity contribution >= 4 is 40.0 Å². The third-order valence-electron chi connectivity index (χ3n) is 3.88. The second-order valence-electron chi connectivity index (χ2n) is 6.00. The van der Waals surface area contributed by atoms with E-state index in [1.54, 1.807) is 43.0 Å². The second kappa shape index (κ2) is 9.52. The molecule has 0 bridgehead atoms. The Morgan fingerprint density at radius 1 is 1.24 bits per heavy atom. The van der Waals surface area contributed by atoms with E-state index in [2.05, 4.69) is 25.8 Å². The topological polar surface area (TPSA) is 111 Å². The van der Waals surface area contributed by atoms with Gasteiger partial charge in [-0.25, -0.2) is 4.98 Å². The molecule has 1 aromatic carbocycles. The lowest BCUT2D eigenvalue weighted by molar-refractivity contribution is -0.113. The van der Waals surface area contributed by atoms with Gasteiger partial charge in [-0.3, -0.25) is 9.59 Å². The van der Waals surface area contributed by atoms with Crippen molar-refractivity contribution in [3.8, 4) is 5.75 Å². The van der Waals surface area contributed by atoms with Crippen LogP contribution in [0.5, 0.6) is 5.75 Å². The van der Waals surface area contributed by atoms with Gasteiger partial charge in [-0.1, -0.05) is 11.8 Å². The molecular weight excluding hydrogens is 412 g/mol. The minimum Gasteiger partial charge on any atom is -0.497 e. The molecule has 0 atom stereocenters. The molecule has 3 aromatic rings. The van der Waals surface area contributed by atoms with Crippen molar-refractivity contribution < 1.29 is 14.3 Å². The fourth-order valence-corrected chi connectivity index (χ4v) is 3.76. The lowest BCUT2D eigenvalue weighted by Crippen LogP contribution is -2.24. The number of amides is 2. The molecule has 11 heteroatoms. The van der Waals surface area contributed by atoms with Gasteiger partial charge in [0, 0.05) is 18.0 Å².